The van der Waals surface area contributed by atoms with Crippen molar-refractivity contribution < 1.29 is 4.79 Å². The molecule has 5 heteroatoms. The number of rotatable bonds is 4. The van der Waals surface area contributed by atoms with E-state index in [1.165, 1.54) is 24.9 Å². The molecule has 2 heterocycles. The second-order valence-electron chi connectivity index (χ2n) is 6.63. The number of amides is 1. The van der Waals surface area contributed by atoms with Crippen LogP contribution < -0.4 is 10.2 Å². The smallest absolute Gasteiger partial charge is 0.241 e. The third-order valence-electron chi connectivity index (χ3n) is 4.89. The Kier molecular flexibility index (Phi) is 5.39. The Morgan fingerprint density at radius 1 is 0.957 bits per heavy atom. The van der Waals surface area contributed by atoms with Crippen molar-refractivity contribution in [1.82, 2.24) is 9.80 Å². The summed E-state index contributed by atoms with van der Waals surface area (Å²) in [5.41, 5.74) is 2.31. The number of piperazine rings is 1. The molecule has 23 heavy (non-hydrogen) atoms. The van der Waals surface area contributed by atoms with Gasteiger partial charge in [-0.1, -0.05) is 0 Å². The molecule has 2 aliphatic rings. The van der Waals surface area contributed by atoms with Crippen LogP contribution in [0.5, 0.6) is 0 Å². The van der Waals surface area contributed by atoms with E-state index >= 15 is 0 Å². The molecule has 0 radical (unpaired) electrons. The zero-order valence-corrected chi connectivity index (χ0v) is 14.1. The van der Waals surface area contributed by atoms with Crippen LogP contribution in [0, 0.1) is 0 Å². The minimum Gasteiger partial charge on any atom is -0.376 e. The van der Waals surface area contributed by atoms with Crippen molar-refractivity contribution >= 4 is 17.3 Å². The van der Waals surface area contributed by atoms with E-state index in [0.29, 0.717) is 6.54 Å². The van der Waals surface area contributed by atoms with Crippen LogP contribution >= 0.6 is 0 Å². The largest absolute Gasteiger partial charge is 0.376 e. The molecule has 2 saturated heterocycles. The molecule has 1 aromatic rings. The summed E-state index contributed by atoms with van der Waals surface area (Å²) >= 11 is 0. The molecule has 1 amide bonds. The molecule has 126 valence electrons. The molecule has 0 saturated carbocycles. The van der Waals surface area contributed by atoms with Crippen molar-refractivity contribution in [2.75, 3.05) is 63.1 Å². The summed E-state index contributed by atoms with van der Waals surface area (Å²) in [4.78, 5) is 18.9. The van der Waals surface area contributed by atoms with Gasteiger partial charge in [0, 0.05) is 50.6 Å². The van der Waals surface area contributed by atoms with Crippen molar-refractivity contribution in [3.8, 4) is 0 Å². The number of hydrogen-bond acceptors (Lipinski definition) is 4. The normalized spacial score (nSPS) is 19.7. The quantitative estimate of drug-likeness (QED) is 0.920. The van der Waals surface area contributed by atoms with Gasteiger partial charge in [0.1, 0.15) is 0 Å². The zero-order chi connectivity index (χ0) is 16.1. The predicted octanol–water partition coefficient (Wildman–Crippen LogP) is 1.86. The van der Waals surface area contributed by atoms with Crippen LogP contribution in [0.4, 0.5) is 11.4 Å². The summed E-state index contributed by atoms with van der Waals surface area (Å²) in [6, 6.07) is 8.49. The number of likely N-dealkylation sites (N-methyl/N-ethyl adjacent to an activating group) is 1. The number of nitrogens with zero attached hydrogens (tertiary/aromatic N) is 3. The Hall–Kier alpha value is -1.75. The molecule has 0 atom stereocenters. The fourth-order valence-electron chi connectivity index (χ4n) is 3.29. The lowest BCUT2D eigenvalue weighted by atomic mass is 10.1. The van der Waals surface area contributed by atoms with E-state index in [-0.39, 0.29) is 5.91 Å². The van der Waals surface area contributed by atoms with Gasteiger partial charge >= 0.3 is 0 Å². The second-order valence-corrected chi connectivity index (χ2v) is 6.63. The lowest BCUT2D eigenvalue weighted by molar-refractivity contribution is -0.130. The van der Waals surface area contributed by atoms with Gasteiger partial charge < -0.3 is 20.0 Å². The summed E-state index contributed by atoms with van der Waals surface area (Å²) in [6.45, 7) is 6.32. The summed E-state index contributed by atoms with van der Waals surface area (Å²) in [5.74, 6) is 0.193. The van der Waals surface area contributed by atoms with Crippen LogP contribution in [0.3, 0.4) is 0 Å². The minimum absolute atomic E-state index is 0.193. The zero-order valence-electron chi connectivity index (χ0n) is 14.1. The van der Waals surface area contributed by atoms with Gasteiger partial charge in [-0.25, -0.2) is 0 Å². The first-order valence-corrected chi connectivity index (χ1v) is 8.77. The van der Waals surface area contributed by atoms with Crippen LogP contribution in [0.25, 0.3) is 0 Å². The van der Waals surface area contributed by atoms with Crippen LogP contribution in [0.15, 0.2) is 24.3 Å². The van der Waals surface area contributed by atoms with Gasteiger partial charge in [-0.05, 0) is 50.6 Å². The summed E-state index contributed by atoms with van der Waals surface area (Å²) < 4.78 is 0. The third-order valence-corrected chi connectivity index (χ3v) is 4.89. The van der Waals surface area contributed by atoms with Gasteiger partial charge in [0.25, 0.3) is 0 Å². The predicted molar refractivity (Wildman–Crippen MR) is 95.1 cm³/mol. The van der Waals surface area contributed by atoms with Crippen molar-refractivity contribution in [2.45, 2.75) is 19.3 Å². The Bertz CT molecular complexity index is 502. The molecule has 3 rings (SSSR count). The molecule has 5 nitrogen and oxygen atoms in total. The van der Waals surface area contributed by atoms with E-state index in [0.717, 1.165) is 45.0 Å². The van der Waals surface area contributed by atoms with Crippen molar-refractivity contribution in [3.63, 3.8) is 0 Å². The number of piperidine rings is 1. The summed E-state index contributed by atoms with van der Waals surface area (Å²) in [7, 11) is 2.10. The first kappa shape index (κ1) is 16.1. The molecule has 0 spiro atoms. The van der Waals surface area contributed by atoms with Crippen LogP contribution in [-0.2, 0) is 4.79 Å². The lowest BCUT2D eigenvalue weighted by Crippen LogP contribution is -2.48. The first-order chi connectivity index (χ1) is 11.2. The van der Waals surface area contributed by atoms with Crippen molar-refractivity contribution in [3.05, 3.63) is 24.3 Å². The SMILES string of the molecule is CN1CCN(C(=O)CNc2ccc(N3CCCCC3)cc2)CC1. The van der Waals surface area contributed by atoms with Crippen LogP contribution in [-0.4, -0.2) is 68.6 Å². The maximum absolute atomic E-state index is 12.2. The highest BCUT2D eigenvalue weighted by atomic mass is 16.2. The Labute approximate surface area is 139 Å². The Morgan fingerprint density at radius 2 is 1.61 bits per heavy atom. The Balaban J connectivity index is 1.47. The van der Waals surface area contributed by atoms with Gasteiger partial charge in [-0.15, -0.1) is 0 Å². The van der Waals surface area contributed by atoms with E-state index in [4.69, 9.17) is 0 Å². The monoisotopic (exact) mass is 316 g/mol. The van der Waals surface area contributed by atoms with Crippen LogP contribution in [0.2, 0.25) is 0 Å². The second kappa shape index (κ2) is 7.68. The number of benzene rings is 1. The molecule has 2 fully saturated rings. The van der Waals surface area contributed by atoms with E-state index in [1.807, 2.05) is 4.90 Å². The summed E-state index contributed by atoms with van der Waals surface area (Å²) in [6.07, 6.45) is 3.93. The molecular weight excluding hydrogens is 288 g/mol. The van der Waals surface area contributed by atoms with Crippen molar-refractivity contribution in [1.29, 1.82) is 0 Å². The number of anilines is 2. The van der Waals surface area contributed by atoms with E-state index in [1.54, 1.807) is 0 Å². The molecule has 1 N–H and O–H groups in total. The fourth-order valence-corrected chi connectivity index (χ4v) is 3.29. The average Bonchev–Trinajstić information content (AvgIpc) is 2.61. The van der Waals surface area contributed by atoms with Gasteiger partial charge in [0.15, 0.2) is 0 Å². The van der Waals surface area contributed by atoms with Gasteiger partial charge in [-0.2, -0.15) is 0 Å². The minimum atomic E-state index is 0.193. The van der Waals surface area contributed by atoms with Crippen LogP contribution in [0.1, 0.15) is 19.3 Å². The van der Waals surface area contributed by atoms with E-state index < -0.39 is 0 Å². The molecular formula is C18H28N4O. The highest BCUT2D eigenvalue weighted by Gasteiger charge is 2.18. The maximum atomic E-state index is 12.2. The highest BCUT2D eigenvalue weighted by Crippen LogP contribution is 2.21. The molecule has 0 aliphatic carbocycles. The topological polar surface area (TPSA) is 38.8 Å². The maximum Gasteiger partial charge on any atom is 0.241 e. The first-order valence-electron chi connectivity index (χ1n) is 8.77. The molecule has 1 aromatic carbocycles. The summed E-state index contributed by atoms with van der Waals surface area (Å²) in [5, 5.41) is 3.26. The number of hydrogen-bond donors (Lipinski definition) is 1. The fraction of sp³-hybridized carbons (Fsp3) is 0.611. The lowest BCUT2D eigenvalue weighted by Gasteiger charge is -2.32. The number of carbonyl (C=O) groups is 1. The average molecular weight is 316 g/mol. The van der Waals surface area contributed by atoms with Gasteiger partial charge in [0.2, 0.25) is 5.91 Å². The molecule has 0 unspecified atom stereocenters. The standard InChI is InChI=1S/C18H28N4O/c1-20-11-13-22(14-12-20)18(23)15-19-16-5-7-17(8-6-16)21-9-3-2-4-10-21/h5-8,19H,2-4,9-15H2,1H3. The number of carbonyl (C=O) groups excluding carboxylic acids is 1. The molecule has 0 bridgehead atoms. The third kappa shape index (κ3) is 4.38. The van der Waals surface area contributed by atoms with Crippen molar-refractivity contribution in [2.24, 2.45) is 0 Å². The molecule has 2 aliphatic heterocycles. The van der Waals surface area contributed by atoms with E-state index in [2.05, 4.69) is 46.4 Å². The van der Waals surface area contributed by atoms with Gasteiger partial charge in [-0.3, -0.25) is 4.79 Å². The number of nitrogens with one attached hydrogen (secondary N) is 1. The molecule has 0 aromatic heterocycles. The Morgan fingerprint density at radius 3 is 2.26 bits per heavy atom. The highest BCUT2D eigenvalue weighted by molar-refractivity contribution is 5.81. The van der Waals surface area contributed by atoms with E-state index in [9.17, 15) is 4.79 Å². The van der Waals surface area contributed by atoms with Gasteiger partial charge in [0.05, 0.1) is 6.54 Å².